The molecule has 18 heavy (non-hydrogen) atoms. The van der Waals surface area contributed by atoms with Crippen molar-refractivity contribution in [3.8, 4) is 5.75 Å². The van der Waals surface area contributed by atoms with Crippen LogP contribution in [0.4, 0.5) is 4.39 Å². The molecule has 1 atom stereocenters. The molecule has 5 heteroatoms. The summed E-state index contributed by atoms with van der Waals surface area (Å²) in [6.45, 7) is 3.27. The van der Waals surface area contributed by atoms with Crippen molar-refractivity contribution in [2.24, 2.45) is 0 Å². The van der Waals surface area contributed by atoms with Gasteiger partial charge in [-0.2, -0.15) is 0 Å². The van der Waals surface area contributed by atoms with Crippen molar-refractivity contribution in [2.45, 2.75) is 25.9 Å². The van der Waals surface area contributed by atoms with E-state index in [9.17, 15) is 9.18 Å². The fourth-order valence-electron chi connectivity index (χ4n) is 2.00. The third-order valence-corrected chi connectivity index (χ3v) is 3.62. The molecule has 1 fully saturated rings. The fourth-order valence-corrected chi connectivity index (χ4v) is 2.34. The second-order valence-corrected chi connectivity index (χ2v) is 5.22. The lowest BCUT2D eigenvalue weighted by atomic mass is 10.3. The van der Waals surface area contributed by atoms with Gasteiger partial charge in [-0.15, -0.1) is 0 Å². The predicted octanol–water partition coefficient (Wildman–Crippen LogP) is 2.98. The molecular formula is C13H15BrFNO2. The van der Waals surface area contributed by atoms with Gasteiger partial charge in [-0.05, 0) is 47.8 Å². The van der Waals surface area contributed by atoms with Gasteiger partial charge >= 0.3 is 0 Å². The maximum absolute atomic E-state index is 13.1. The molecule has 0 spiro atoms. The highest BCUT2D eigenvalue weighted by Crippen LogP contribution is 2.27. The zero-order valence-electron chi connectivity index (χ0n) is 10.2. The third-order valence-electron chi connectivity index (χ3n) is 2.96. The molecule has 1 aliphatic heterocycles. The van der Waals surface area contributed by atoms with E-state index >= 15 is 0 Å². The molecule has 1 aromatic carbocycles. The number of ether oxygens (including phenoxy) is 1. The number of likely N-dealkylation sites (tertiary alicyclic amines) is 1. The Morgan fingerprint density at radius 3 is 2.78 bits per heavy atom. The first-order valence-electron chi connectivity index (χ1n) is 5.98. The van der Waals surface area contributed by atoms with Gasteiger partial charge in [0, 0.05) is 19.2 Å². The summed E-state index contributed by atoms with van der Waals surface area (Å²) in [6, 6.07) is 4.18. The average molecular weight is 316 g/mol. The molecule has 0 aromatic heterocycles. The van der Waals surface area contributed by atoms with Gasteiger partial charge in [0.15, 0.2) is 6.10 Å². The Balaban J connectivity index is 2.03. The number of rotatable bonds is 3. The Bertz CT molecular complexity index is 447. The van der Waals surface area contributed by atoms with E-state index < -0.39 is 6.10 Å². The molecule has 0 saturated carbocycles. The number of halogens is 2. The molecule has 1 aliphatic rings. The summed E-state index contributed by atoms with van der Waals surface area (Å²) in [6.07, 6.45) is 1.49. The van der Waals surface area contributed by atoms with E-state index in [2.05, 4.69) is 15.9 Å². The van der Waals surface area contributed by atoms with E-state index in [0.717, 1.165) is 25.9 Å². The van der Waals surface area contributed by atoms with Crippen LogP contribution in [0.15, 0.2) is 22.7 Å². The Hall–Kier alpha value is -1.10. The minimum atomic E-state index is -0.596. The average Bonchev–Trinajstić information content (AvgIpc) is 2.86. The van der Waals surface area contributed by atoms with E-state index in [1.54, 1.807) is 17.9 Å². The SMILES string of the molecule is CC(Oc1cc(F)ccc1Br)C(=O)N1CCCC1. The number of amides is 1. The number of carbonyl (C=O) groups excluding carboxylic acids is 1. The van der Waals surface area contributed by atoms with Crippen molar-refractivity contribution in [1.82, 2.24) is 4.90 Å². The zero-order valence-corrected chi connectivity index (χ0v) is 11.7. The summed E-state index contributed by atoms with van der Waals surface area (Å²) >= 11 is 3.28. The summed E-state index contributed by atoms with van der Waals surface area (Å²) < 4.78 is 19.3. The van der Waals surface area contributed by atoms with Crippen LogP contribution in [-0.4, -0.2) is 30.0 Å². The highest BCUT2D eigenvalue weighted by atomic mass is 79.9. The molecule has 0 radical (unpaired) electrons. The first-order chi connectivity index (χ1) is 8.58. The van der Waals surface area contributed by atoms with Gasteiger partial charge in [0.2, 0.25) is 0 Å². The minimum Gasteiger partial charge on any atom is -0.480 e. The van der Waals surface area contributed by atoms with Crippen LogP contribution in [0.25, 0.3) is 0 Å². The summed E-state index contributed by atoms with van der Waals surface area (Å²) in [7, 11) is 0. The van der Waals surface area contributed by atoms with E-state index in [-0.39, 0.29) is 11.7 Å². The van der Waals surface area contributed by atoms with Gasteiger partial charge in [-0.1, -0.05) is 0 Å². The minimum absolute atomic E-state index is 0.0383. The van der Waals surface area contributed by atoms with Gasteiger partial charge in [0.25, 0.3) is 5.91 Å². The van der Waals surface area contributed by atoms with Crippen LogP contribution in [0.2, 0.25) is 0 Å². The van der Waals surface area contributed by atoms with Crippen molar-refractivity contribution in [3.05, 3.63) is 28.5 Å². The largest absolute Gasteiger partial charge is 0.480 e. The quantitative estimate of drug-likeness (QED) is 0.858. The molecule has 3 nitrogen and oxygen atoms in total. The molecule has 0 bridgehead atoms. The van der Waals surface area contributed by atoms with Gasteiger partial charge in [-0.25, -0.2) is 4.39 Å². The molecule has 2 rings (SSSR count). The Morgan fingerprint density at radius 1 is 1.44 bits per heavy atom. The predicted molar refractivity (Wildman–Crippen MR) is 70.0 cm³/mol. The van der Waals surface area contributed by atoms with E-state index in [0.29, 0.717) is 10.2 Å². The van der Waals surface area contributed by atoms with Crippen molar-refractivity contribution in [1.29, 1.82) is 0 Å². The molecule has 0 aliphatic carbocycles. The second kappa shape index (κ2) is 5.69. The lowest BCUT2D eigenvalue weighted by Crippen LogP contribution is -2.38. The van der Waals surface area contributed by atoms with Crippen LogP contribution < -0.4 is 4.74 Å². The Labute approximate surface area is 114 Å². The highest BCUT2D eigenvalue weighted by molar-refractivity contribution is 9.10. The molecule has 1 aromatic rings. The number of hydrogen-bond acceptors (Lipinski definition) is 2. The molecule has 98 valence electrons. The van der Waals surface area contributed by atoms with E-state index in [1.807, 2.05) is 0 Å². The Morgan fingerprint density at radius 2 is 2.11 bits per heavy atom. The molecular weight excluding hydrogens is 301 g/mol. The Kier molecular flexibility index (Phi) is 4.22. The summed E-state index contributed by atoms with van der Waals surface area (Å²) in [4.78, 5) is 13.8. The maximum atomic E-state index is 13.1. The van der Waals surface area contributed by atoms with E-state index in [1.165, 1.54) is 12.1 Å². The van der Waals surface area contributed by atoms with Crippen molar-refractivity contribution in [3.63, 3.8) is 0 Å². The number of nitrogens with zero attached hydrogens (tertiary/aromatic N) is 1. The monoisotopic (exact) mass is 315 g/mol. The number of carbonyl (C=O) groups is 1. The van der Waals surface area contributed by atoms with E-state index in [4.69, 9.17) is 4.74 Å². The van der Waals surface area contributed by atoms with Gasteiger partial charge in [-0.3, -0.25) is 4.79 Å². The highest BCUT2D eigenvalue weighted by Gasteiger charge is 2.24. The zero-order chi connectivity index (χ0) is 13.1. The third kappa shape index (κ3) is 3.02. The van der Waals surface area contributed by atoms with Crippen LogP contribution in [-0.2, 0) is 4.79 Å². The van der Waals surface area contributed by atoms with Crippen molar-refractivity contribution in [2.75, 3.05) is 13.1 Å². The van der Waals surface area contributed by atoms with Crippen molar-refractivity contribution < 1.29 is 13.9 Å². The topological polar surface area (TPSA) is 29.5 Å². The first-order valence-corrected chi connectivity index (χ1v) is 6.78. The van der Waals surface area contributed by atoms with Crippen LogP contribution in [0.3, 0.4) is 0 Å². The van der Waals surface area contributed by atoms with Crippen LogP contribution in [0.1, 0.15) is 19.8 Å². The first kappa shape index (κ1) is 13.3. The number of benzene rings is 1. The fraction of sp³-hybridized carbons (Fsp3) is 0.462. The molecule has 1 saturated heterocycles. The summed E-state index contributed by atoms with van der Waals surface area (Å²) in [5.74, 6) is -0.0623. The summed E-state index contributed by atoms with van der Waals surface area (Å²) in [5, 5.41) is 0. The van der Waals surface area contributed by atoms with Crippen LogP contribution >= 0.6 is 15.9 Å². The van der Waals surface area contributed by atoms with Crippen molar-refractivity contribution >= 4 is 21.8 Å². The van der Waals surface area contributed by atoms with Gasteiger partial charge < -0.3 is 9.64 Å². The van der Waals surface area contributed by atoms with Gasteiger partial charge in [0.1, 0.15) is 11.6 Å². The molecule has 1 amide bonds. The standard InChI is InChI=1S/C13H15BrFNO2/c1-9(13(17)16-6-2-3-7-16)18-12-8-10(15)4-5-11(12)14/h4-5,8-9H,2-3,6-7H2,1H3. The van der Waals surface area contributed by atoms with Crippen LogP contribution in [0, 0.1) is 5.82 Å². The van der Waals surface area contributed by atoms with Crippen LogP contribution in [0.5, 0.6) is 5.75 Å². The number of hydrogen-bond donors (Lipinski definition) is 0. The normalized spacial score (nSPS) is 16.7. The lowest BCUT2D eigenvalue weighted by Gasteiger charge is -2.21. The molecule has 0 N–H and O–H groups in total. The molecule has 1 heterocycles. The second-order valence-electron chi connectivity index (χ2n) is 4.37. The smallest absolute Gasteiger partial charge is 0.263 e. The lowest BCUT2D eigenvalue weighted by molar-refractivity contribution is -0.136. The van der Waals surface area contributed by atoms with Gasteiger partial charge in [0.05, 0.1) is 4.47 Å². The maximum Gasteiger partial charge on any atom is 0.263 e. The molecule has 1 unspecified atom stereocenters. The summed E-state index contributed by atoms with van der Waals surface area (Å²) in [5.41, 5.74) is 0.